The molecule has 0 aliphatic rings. The van der Waals surface area contributed by atoms with E-state index >= 15 is 0 Å². The molecule has 0 fully saturated rings. The quantitative estimate of drug-likeness (QED) is 0.280. The van der Waals surface area contributed by atoms with E-state index in [-0.39, 0.29) is 18.2 Å². The minimum absolute atomic E-state index is 0.0623. The number of nitrogens with zero attached hydrogens (tertiary/aromatic N) is 1. The van der Waals surface area contributed by atoms with Gasteiger partial charge in [0, 0.05) is 18.6 Å². The van der Waals surface area contributed by atoms with Gasteiger partial charge in [-0.2, -0.15) is 26.3 Å². The molecule has 0 aliphatic heterocycles. The Morgan fingerprint density at radius 2 is 1.48 bits per heavy atom. The van der Waals surface area contributed by atoms with Crippen molar-refractivity contribution >= 4 is 17.6 Å². The van der Waals surface area contributed by atoms with E-state index in [1.54, 1.807) is 0 Å². The van der Waals surface area contributed by atoms with E-state index in [4.69, 9.17) is 0 Å². The summed E-state index contributed by atoms with van der Waals surface area (Å²) in [4.78, 5) is 34.4. The third kappa shape index (κ3) is 7.19. The molecule has 2 rings (SSSR count). The molecule has 1 N–H and O–H groups in total. The van der Waals surface area contributed by atoms with Crippen LogP contribution in [-0.2, 0) is 39.5 Å². The number of benzene rings is 2. The number of halogens is 6. The molecule has 0 heterocycles. The molecule has 7 nitrogen and oxygen atoms in total. The van der Waals surface area contributed by atoms with Gasteiger partial charge in [0.1, 0.15) is 6.04 Å². The summed E-state index contributed by atoms with van der Waals surface area (Å²) in [7, 11) is 1.01. The Balaban J connectivity index is 2.23. The fourth-order valence-corrected chi connectivity index (χ4v) is 2.88. The Bertz CT molecular complexity index is 1000. The molecule has 1 atom stereocenters. The molecule has 2 aromatic rings. The molecule has 0 aliphatic carbocycles. The van der Waals surface area contributed by atoms with Crippen molar-refractivity contribution in [2.24, 2.45) is 0 Å². The van der Waals surface area contributed by atoms with Crippen LogP contribution in [0, 0.1) is 10.1 Å². The van der Waals surface area contributed by atoms with E-state index in [9.17, 15) is 46.0 Å². The second-order valence-corrected chi connectivity index (χ2v) is 6.86. The topological polar surface area (TPSA) is 98.5 Å². The average Bonchev–Trinajstić information content (AvgIpc) is 2.71. The van der Waals surface area contributed by atoms with Gasteiger partial charge in [0.2, 0.25) is 5.91 Å². The predicted molar refractivity (Wildman–Crippen MR) is 101 cm³/mol. The lowest BCUT2D eigenvalue weighted by Gasteiger charge is -2.18. The van der Waals surface area contributed by atoms with Crippen molar-refractivity contribution in [2.75, 3.05) is 7.11 Å². The number of nitro groups is 1. The third-order valence-corrected chi connectivity index (χ3v) is 4.42. The molecule has 13 heteroatoms. The zero-order valence-corrected chi connectivity index (χ0v) is 16.8. The first-order valence-electron chi connectivity index (χ1n) is 9.09. The number of rotatable bonds is 7. The highest BCUT2D eigenvalue weighted by molar-refractivity contribution is 5.85. The Morgan fingerprint density at radius 3 is 1.91 bits per heavy atom. The number of nitro benzene ring substituents is 1. The second-order valence-electron chi connectivity index (χ2n) is 6.86. The van der Waals surface area contributed by atoms with E-state index in [0.717, 1.165) is 19.2 Å². The number of amides is 1. The van der Waals surface area contributed by atoms with Crippen molar-refractivity contribution in [3.05, 3.63) is 74.8 Å². The number of alkyl halides is 6. The van der Waals surface area contributed by atoms with Gasteiger partial charge in [0.05, 0.1) is 29.6 Å². The number of hydrogen-bond donors (Lipinski definition) is 1. The summed E-state index contributed by atoms with van der Waals surface area (Å²) in [6, 6.07) is 4.39. The zero-order chi connectivity index (χ0) is 25.0. The number of non-ortho nitro benzene ring substituents is 1. The normalized spacial score (nSPS) is 12.7. The smallest absolute Gasteiger partial charge is 0.416 e. The highest BCUT2D eigenvalue weighted by Crippen LogP contribution is 2.36. The molecule has 0 unspecified atom stereocenters. The molecular weight excluding hydrogens is 462 g/mol. The molecule has 1 amide bonds. The van der Waals surface area contributed by atoms with Crippen LogP contribution < -0.4 is 5.32 Å². The number of hydrogen-bond acceptors (Lipinski definition) is 5. The first kappa shape index (κ1) is 25.6. The van der Waals surface area contributed by atoms with Gasteiger partial charge in [0.25, 0.3) is 5.69 Å². The number of ether oxygens (including phenoxy) is 1. The van der Waals surface area contributed by atoms with Crippen molar-refractivity contribution < 1.29 is 45.6 Å². The van der Waals surface area contributed by atoms with Crippen molar-refractivity contribution in [1.29, 1.82) is 0 Å². The van der Waals surface area contributed by atoms with Crippen molar-refractivity contribution in [1.82, 2.24) is 5.32 Å². The van der Waals surface area contributed by atoms with Gasteiger partial charge >= 0.3 is 18.3 Å². The largest absolute Gasteiger partial charge is 0.467 e. The van der Waals surface area contributed by atoms with Gasteiger partial charge < -0.3 is 10.1 Å². The maximum atomic E-state index is 13.0. The van der Waals surface area contributed by atoms with Crippen LogP contribution in [0.4, 0.5) is 32.0 Å². The summed E-state index contributed by atoms with van der Waals surface area (Å²) in [6.07, 6.45) is -11.2. The first-order chi connectivity index (χ1) is 15.2. The van der Waals surface area contributed by atoms with Gasteiger partial charge in [-0.15, -0.1) is 0 Å². The highest BCUT2D eigenvalue weighted by Gasteiger charge is 2.37. The van der Waals surface area contributed by atoms with Crippen LogP contribution in [0.3, 0.4) is 0 Å². The van der Waals surface area contributed by atoms with Crippen molar-refractivity contribution in [2.45, 2.75) is 31.2 Å². The molecule has 0 saturated carbocycles. The van der Waals surface area contributed by atoms with Crippen LogP contribution in [0.1, 0.15) is 22.3 Å². The lowest BCUT2D eigenvalue weighted by atomic mass is 10.0. The fourth-order valence-electron chi connectivity index (χ4n) is 2.88. The minimum atomic E-state index is -5.07. The number of carbonyl (C=O) groups is 2. The SMILES string of the molecule is COC(=O)[C@H](Cc1ccc([N+](=O)[O-])cc1)NC(=O)Cc1cc(C(F)(F)F)cc(C(F)(F)F)c1. The average molecular weight is 478 g/mol. The standard InChI is InChI=1S/C20H16F6N2O5/c1-33-18(30)16(8-11-2-4-15(5-3-11)28(31)32)27-17(29)9-12-6-13(19(21,22)23)10-14(7-12)20(24,25)26/h2-7,10,16H,8-9H2,1H3,(H,27,29)/t16-/m0/s1. The second kappa shape index (κ2) is 9.88. The molecule has 0 aromatic heterocycles. The lowest BCUT2D eigenvalue weighted by molar-refractivity contribution is -0.384. The predicted octanol–water partition coefficient (Wildman–Crippen LogP) is 4.08. The van der Waals surface area contributed by atoms with E-state index in [0.29, 0.717) is 17.7 Å². The first-order valence-corrected chi connectivity index (χ1v) is 9.09. The van der Waals surface area contributed by atoms with Crippen LogP contribution >= 0.6 is 0 Å². The summed E-state index contributed by atoms with van der Waals surface area (Å²) in [5.74, 6) is -1.96. The summed E-state index contributed by atoms with van der Waals surface area (Å²) in [5.41, 5.74) is -3.54. The van der Waals surface area contributed by atoms with E-state index < -0.39 is 58.3 Å². The fraction of sp³-hybridized carbons (Fsp3) is 0.300. The molecule has 33 heavy (non-hydrogen) atoms. The number of nitrogens with one attached hydrogen (secondary N) is 1. The number of methoxy groups -OCH3 is 1. The van der Waals surface area contributed by atoms with Crippen LogP contribution in [0.2, 0.25) is 0 Å². The number of carbonyl (C=O) groups excluding carboxylic acids is 2. The lowest BCUT2D eigenvalue weighted by Crippen LogP contribution is -2.43. The molecule has 0 radical (unpaired) electrons. The van der Waals surface area contributed by atoms with Crippen LogP contribution in [0.5, 0.6) is 0 Å². The summed E-state index contributed by atoms with van der Waals surface area (Å²) in [6.45, 7) is 0. The Kier molecular flexibility index (Phi) is 7.67. The number of esters is 1. The van der Waals surface area contributed by atoms with Crippen LogP contribution in [-0.4, -0.2) is 30.0 Å². The van der Waals surface area contributed by atoms with Gasteiger partial charge in [-0.25, -0.2) is 4.79 Å². The van der Waals surface area contributed by atoms with Gasteiger partial charge in [-0.1, -0.05) is 12.1 Å². The molecule has 0 saturated heterocycles. The van der Waals surface area contributed by atoms with E-state index in [1.165, 1.54) is 12.1 Å². The highest BCUT2D eigenvalue weighted by atomic mass is 19.4. The molecule has 178 valence electrons. The maximum absolute atomic E-state index is 13.0. The monoisotopic (exact) mass is 478 g/mol. The summed E-state index contributed by atoms with van der Waals surface area (Å²) < 4.78 is 82.5. The zero-order valence-electron chi connectivity index (χ0n) is 16.8. The van der Waals surface area contributed by atoms with E-state index in [1.807, 2.05) is 0 Å². The minimum Gasteiger partial charge on any atom is -0.467 e. The van der Waals surface area contributed by atoms with Gasteiger partial charge in [-0.3, -0.25) is 14.9 Å². The van der Waals surface area contributed by atoms with Crippen LogP contribution in [0.25, 0.3) is 0 Å². The van der Waals surface area contributed by atoms with Crippen molar-refractivity contribution in [3.63, 3.8) is 0 Å². The maximum Gasteiger partial charge on any atom is 0.416 e. The summed E-state index contributed by atoms with van der Waals surface area (Å²) in [5, 5.41) is 12.9. The Labute approximate surface area is 182 Å². The van der Waals surface area contributed by atoms with Crippen LogP contribution in [0.15, 0.2) is 42.5 Å². The third-order valence-electron chi connectivity index (χ3n) is 4.42. The summed E-state index contributed by atoms with van der Waals surface area (Å²) >= 11 is 0. The Hall–Kier alpha value is -3.64. The Morgan fingerprint density at radius 1 is 0.970 bits per heavy atom. The van der Waals surface area contributed by atoms with E-state index in [2.05, 4.69) is 10.1 Å². The molecular formula is C20H16F6N2O5. The molecule has 0 spiro atoms. The molecule has 2 aromatic carbocycles. The van der Waals surface area contributed by atoms with Crippen molar-refractivity contribution in [3.8, 4) is 0 Å². The van der Waals surface area contributed by atoms with Gasteiger partial charge in [0.15, 0.2) is 0 Å². The molecule has 0 bridgehead atoms. The van der Waals surface area contributed by atoms with Gasteiger partial charge in [-0.05, 0) is 29.3 Å².